The number of allylic oxidation sites excluding steroid dienone is 4. The van der Waals surface area contributed by atoms with E-state index in [0.29, 0.717) is 19.5 Å². The number of rotatable bonds is 6. The van der Waals surface area contributed by atoms with Crippen molar-refractivity contribution in [2.45, 2.75) is 56.1 Å². The SMILES string of the molecule is C[C@]12C=CC(=O)C=C1CC[C@@H]1[C@@H]2[C@@H](O)C[C@@]2(C)[C@H]1C[C@H]1CN(CCSc3ccccc3)O[C@]12C(=O)CO. The Morgan fingerprint density at radius 2 is 2.03 bits per heavy atom. The first-order chi connectivity index (χ1) is 17.7. The van der Waals surface area contributed by atoms with Gasteiger partial charge in [0, 0.05) is 46.4 Å². The fourth-order valence-corrected chi connectivity index (χ4v) is 9.86. The van der Waals surface area contributed by atoms with Gasteiger partial charge in [-0.15, -0.1) is 11.8 Å². The molecule has 3 saturated carbocycles. The summed E-state index contributed by atoms with van der Waals surface area (Å²) in [5.41, 5.74) is -0.886. The van der Waals surface area contributed by atoms with Crippen LogP contribution < -0.4 is 0 Å². The fourth-order valence-electron chi connectivity index (χ4n) is 8.98. The molecule has 0 amide bonds. The number of nitrogens with zero attached hydrogens (tertiary/aromatic N) is 1. The van der Waals surface area contributed by atoms with Crippen LogP contribution in [-0.4, -0.2) is 64.0 Å². The minimum atomic E-state index is -1.11. The highest BCUT2D eigenvalue weighted by Gasteiger charge is 2.75. The zero-order chi connectivity index (χ0) is 26.0. The van der Waals surface area contributed by atoms with Gasteiger partial charge in [-0.25, -0.2) is 0 Å². The summed E-state index contributed by atoms with van der Waals surface area (Å²) in [7, 11) is 0. The second-order valence-electron chi connectivity index (χ2n) is 12.1. The normalized spacial score (nSPS) is 42.5. The van der Waals surface area contributed by atoms with Crippen LogP contribution in [0.15, 0.2) is 59.0 Å². The summed E-state index contributed by atoms with van der Waals surface area (Å²) in [6, 6.07) is 10.3. The first-order valence-corrected chi connectivity index (χ1v) is 14.6. The van der Waals surface area contributed by atoms with Crippen molar-refractivity contribution in [1.29, 1.82) is 0 Å². The lowest BCUT2D eigenvalue weighted by Gasteiger charge is -2.59. The second kappa shape index (κ2) is 9.16. The smallest absolute Gasteiger partial charge is 0.192 e. The Morgan fingerprint density at radius 1 is 1.24 bits per heavy atom. The van der Waals surface area contributed by atoms with Gasteiger partial charge in [0.1, 0.15) is 6.61 Å². The molecule has 4 aliphatic carbocycles. The van der Waals surface area contributed by atoms with E-state index in [-0.39, 0.29) is 40.7 Å². The zero-order valence-corrected chi connectivity index (χ0v) is 22.5. The number of hydrogen-bond acceptors (Lipinski definition) is 7. The molecule has 6 nitrogen and oxygen atoms in total. The van der Waals surface area contributed by atoms with Gasteiger partial charge < -0.3 is 10.2 Å². The first kappa shape index (κ1) is 25.5. The van der Waals surface area contributed by atoms with Gasteiger partial charge in [-0.2, -0.15) is 5.06 Å². The van der Waals surface area contributed by atoms with Crippen LogP contribution in [-0.2, 0) is 14.4 Å². The summed E-state index contributed by atoms with van der Waals surface area (Å²) in [6.07, 6.45) is 7.87. The van der Waals surface area contributed by atoms with E-state index in [0.717, 1.165) is 30.6 Å². The molecule has 4 fully saturated rings. The number of aliphatic hydroxyl groups excluding tert-OH is 2. The van der Waals surface area contributed by atoms with Crippen molar-refractivity contribution in [2.75, 3.05) is 25.4 Å². The number of aliphatic hydroxyl groups is 2. The van der Waals surface area contributed by atoms with Gasteiger partial charge >= 0.3 is 0 Å². The van der Waals surface area contributed by atoms with E-state index in [2.05, 4.69) is 26.0 Å². The van der Waals surface area contributed by atoms with Crippen molar-refractivity contribution in [2.24, 2.45) is 34.5 Å². The molecule has 0 bridgehead atoms. The number of Topliss-reactive ketones (excluding diaryl/α,β-unsaturated/α-hetero) is 1. The van der Waals surface area contributed by atoms with Gasteiger partial charge in [0.15, 0.2) is 17.2 Å². The van der Waals surface area contributed by atoms with E-state index in [9.17, 15) is 19.8 Å². The number of carbonyl (C=O) groups is 2. The maximum absolute atomic E-state index is 13.6. The van der Waals surface area contributed by atoms with Crippen LogP contribution in [0.2, 0.25) is 0 Å². The summed E-state index contributed by atoms with van der Waals surface area (Å²) >= 11 is 1.76. The zero-order valence-electron chi connectivity index (χ0n) is 21.6. The maximum Gasteiger partial charge on any atom is 0.192 e. The molecule has 1 aromatic rings. The standard InChI is InChI=1S/C30H37NO5S/c1-28-11-10-21(33)14-19(28)8-9-23-24-15-20-17-31(12-13-37-22-6-4-3-5-7-22)36-30(20,26(35)18-32)29(24,2)16-25(34)27(23)28/h3-7,10-11,14,20,23-25,27,32,34H,8-9,12-13,15-18H2,1-2H3/t20-,23-,24-,25-,27+,28-,29-,30-/m0/s1. The lowest BCUT2D eigenvalue weighted by molar-refractivity contribution is -0.249. The van der Waals surface area contributed by atoms with Crippen molar-refractivity contribution in [3.8, 4) is 0 Å². The van der Waals surface area contributed by atoms with Crippen LogP contribution >= 0.6 is 11.8 Å². The molecule has 1 aromatic carbocycles. The Bertz CT molecular complexity index is 1150. The number of fused-ring (bicyclic) bond motifs is 7. The van der Waals surface area contributed by atoms with Gasteiger partial charge in [-0.3, -0.25) is 14.4 Å². The molecule has 1 heterocycles. The minimum Gasteiger partial charge on any atom is -0.393 e. The number of thioether (sulfide) groups is 1. The molecule has 37 heavy (non-hydrogen) atoms. The predicted octanol–water partition coefficient (Wildman–Crippen LogP) is 3.83. The molecular formula is C30H37NO5S. The van der Waals surface area contributed by atoms with Crippen LogP contribution in [0.25, 0.3) is 0 Å². The van der Waals surface area contributed by atoms with Crippen LogP contribution in [0.3, 0.4) is 0 Å². The van der Waals surface area contributed by atoms with E-state index in [1.807, 2.05) is 29.3 Å². The molecule has 5 aliphatic rings. The summed E-state index contributed by atoms with van der Waals surface area (Å²) in [6.45, 7) is 5.10. The van der Waals surface area contributed by atoms with Crippen molar-refractivity contribution in [3.05, 3.63) is 54.1 Å². The third kappa shape index (κ3) is 3.69. The van der Waals surface area contributed by atoms with Gasteiger partial charge in [0.05, 0.1) is 6.10 Å². The van der Waals surface area contributed by atoms with Crippen molar-refractivity contribution in [3.63, 3.8) is 0 Å². The third-order valence-electron chi connectivity index (χ3n) is 10.5. The van der Waals surface area contributed by atoms with Gasteiger partial charge in [0.2, 0.25) is 0 Å². The fraction of sp³-hybridized carbons (Fsp3) is 0.600. The Balaban J connectivity index is 1.27. The van der Waals surface area contributed by atoms with Crippen molar-refractivity contribution >= 4 is 23.3 Å². The van der Waals surface area contributed by atoms with Crippen LogP contribution in [0, 0.1) is 34.5 Å². The van der Waals surface area contributed by atoms with E-state index < -0.39 is 23.7 Å². The van der Waals surface area contributed by atoms with Crippen molar-refractivity contribution < 1.29 is 24.6 Å². The summed E-state index contributed by atoms with van der Waals surface area (Å²) in [5.74, 6) is 1.06. The Hall–Kier alpha value is -1.77. The highest BCUT2D eigenvalue weighted by molar-refractivity contribution is 7.99. The number of hydrogen-bond donors (Lipinski definition) is 2. The van der Waals surface area contributed by atoms with E-state index >= 15 is 0 Å². The molecule has 1 aliphatic heterocycles. The lowest BCUT2D eigenvalue weighted by Crippen LogP contribution is -2.63. The summed E-state index contributed by atoms with van der Waals surface area (Å²) in [4.78, 5) is 33.5. The average molecular weight is 524 g/mol. The Labute approximate surface area is 223 Å². The topological polar surface area (TPSA) is 87.1 Å². The summed E-state index contributed by atoms with van der Waals surface area (Å²) in [5, 5.41) is 23.8. The summed E-state index contributed by atoms with van der Waals surface area (Å²) < 4.78 is 0. The van der Waals surface area contributed by atoms with E-state index in [1.54, 1.807) is 23.9 Å². The van der Waals surface area contributed by atoms with Crippen LogP contribution in [0.4, 0.5) is 0 Å². The quantitative estimate of drug-likeness (QED) is 0.548. The second-order valence-corrected chi connectivity index (χ2v) is 13.3. The maximum atomic E-state index is 13.6. The molecular weight excluding hydrogens is 486 g/mol. The molecule has 198 valence electrons. The lowest BCUT2D eigenvalue weighted by atomic mass is 9.46. The minimum absolute atomic E-state index is 0.00778. The predicted molar refractivity (Wildman–Crippen MR) is 142 cm³/mol. The largest absolute Gasteiger partial charge is 0.393 e. The highest BCUT2D eigenvalue weighted by Crippen LogP contribution is 2.70. The van der Waals surface area contributed by atoms with E-state index in [1.165, 1.54) is 4.90 Å². The van der Waals surface area contributed by atoms with Crippen molar-refractivity contribution in [1.82, 2.24) is 5.06 Å². The molecule has 7 heteroatoms. The molecule has 0 aromatic heterocycles. The number of carbonyl (C=O) groups excluding carboxylic acids is 2. The number of hydroxylamine groups is 2. The van der Waals surface area contributed by atoms with Crippen LogP contribution in [0.5, 0.6) is 0 Å². The average Bonchev–Trinajstić information content (AvgIpc) is 3.36. The Morgan fingerprint density at radius 3 is 2.78 bits per heavy atom. The molecule has 8 atom stereocenters. The molecule has 1 saturated heterocycles. The third-order valence-corrected chi connectivity index (χ3v) is 11.4. The molecule has 0 unspecified atom stereocenters. The molecule has 6 rings (SSSR count). The monoisotopic (exact) mass is 523 g/mol. The number of ketones is 2. The van der Waals surface area contributed by atoms with Gasteiger partial charge in [-0.05, 0) is 61.8 Å². The Kier molecular flexibility index (Phi) is 6.32. The molecule has 2 N–H and O–H groups in total. The van der Waals surface area contributed by atoms with Crippen LogP contribution in [0.1, 0.15) is 39.5 Å². The first-order valence-electron chi connectivity index (χ1n) is 13.6. The number of benzene rings is 1. The molecule has 0 spiro atoms. The van der Waals surface area contributed by atoms with E-state index in [4.69, 9.17) is 4.84 Å². The van der Waals surface area contributed by atoms with Gasteiger partial charge in [0.25, 0.3) is 0 Å². The van der Waals surface area contributed by atoms with Gasteiger partial charge in [-0.1, -0.05) is 43.7 Å². The highest BCUT2D eigenvalue weighted by atomic mass is 32.2. The molecule has 0 radical (unpaired) electrons.